The number of nitrogens with two attached hydrogens (primary N) is 1. The lowest BCUT2D eigenvalue weighted by molar-refractivity contribution is -0.143. The Morgan fingerprint density at radius 1 is 1.03 bits per heavy atom. The molecule has 1 aromatic carbocycles. The maximum absolute atomic E-state index is 12.3. The number of fused-ring (bicyclic) bond motifs is 1. The number of nitrogens with one attached hydrogen (secondary N) is 4. The van der Waals surface area contributed by atoms with Crippen molar-refractivity contribution < 1.29 is 34.2 Å². The quantitative estimate of drug-likeness (QED) is 0.162. The molecule has 1 heterocycles. The molecule has 0 aliphatic heterocycles. The lowest BCUT2D eigenvalue weighted by Crippen LogP contribution is -2.54. The van der Waals surface area contributed by atoms with Gasteiger partial charge in [-0.05, 0) is 24.5 Å². The van der Waals surface area contributed by atoms with Gasteiger partial charge in [0.2, 0.25) is 17.7 Å². The van der Waals surface area contributed by atoms with Crippen molar-refractivity contribution in [2.75, 3.05) is 12.3 Å². The third-order valence-corrected chi connectivity index (χ3v) is 5.34. The Hall–Kier alpha value is -3.58. The molecule has 0 saturated heterocycles. The van der Waals surface area contributed by atoms with Gasteiger partial charge in [-0.25, -0.2) is 4.79 Å². The van der Waals surface area contributed by atoms with Crippen molar-refractivity contribution in [2.24, 2.45) is 5.73 Å². The van der Waals surface area contributed by atoms with Crippen molar-refractivity contribution in [2.45, 2.75) is 37.4 Å². The van der Waals surface area contributed by atoms with Gasteiger partial charge >= 0.3 is 11.9 Å². The molecule has 13 heteroatoms. The standard InChI is InChI=1S/C21H27N5O7S/c22-13(7-11-8-23-14-4-2-1-3-12(11)14)19(30)24-9-17(27)25-16(10-34)20(31)26-15(21(32)33)5-6-18(28)29/h1-4,8,13,15-16,23,34H,5-7,9-10,22H2,(H,24,30)(H,25,27)(H,26,31)(H,28,29)(H,32,33). The van der Waals surface area contributed by atoms with Gasteiger partial charge in [0, 0.05) is 29.3 Å². The number of para-hydroxylation sites is 1. The molecule has 12 nitrogen and oxygen atoms in total. The van der Waals surface area contributed by atoms with Crippen LogP contribution >= 0.6 is 12.6 Å². The lowest BCUT2D eigenvalue weighted by Gasteiger charge is -2.20. The van der Waals surface area contributed by atoms with E-state index in [1.807, 2.05) is 24.3 Å². The maximum atomic E-state index is 12.3. The van der Waals surface area contributed by atoms with Gasteiger partial charge in [-0.3, -0.25) is 19.2 Å². The molecule has 3 amide bonds. The first-order chi connectivity index (χ1) is 16.1. The smallest absolute Gasteiger partial charge is 0.326 e. The summed E-state index contributed by atoms with van der Waals surface area (Å²) in [5, 5.41) is 25.7. The molecule has 3 unspecified atom stereocenters. The van der Waals surface area contributed by atoms with Gasteiger partial charge in [0.25, 0.3) is 0 Å². The Labute approximate surface area is 200 Å². The molecule has 8 N–H and O–H groups in total. The van der Waals surface area contributed by atoms with E-state index in [-0.39, 0.29) is 18.6 Å². The molecule has 0 spiro atoms. The Kier molecular flexibility index (Phi) is 9.89. The number of carboxylic acids is 2. The monoisotopic (exact) mass is 493 g/mol. The summed E-state index contributed by atoms with van der Waals surface area (Å²) in [6.45, 7) is -0.459. The highest BCUT2D eigenvalue weighted by Crippen LogP contribution is 2.18. The molecule has 0 radical (unpaired) electrons. The first-order valence-corrected chi connectivity index (χ1v) is 11.0. The van der Waals surface area contributed by atoms with E-state index in [4.69, 9.17) is 15.9 Å². The normalized spacial score (nSPS) is 13.5. The number of carboxylic acid groups (broad SMARTS) is 2. The van der Waals surface area contributed by atoms with Crippen LogP contribution in [-0.4, -0.2) is 75.3 Å². The highest BCUT2D eigenvalue weighted by Gasteiger charge is 2.26. The van der Waals surface area contributed by atoms with Gasteiger partial charge in [0.15, 0.2) is 0 Å². The summed E-state index contributed by atoms with van der Waals surface area (Å²) in [5.74, 6) is -4.89. The Morgan fingerprint density at radius 3 is 2.38 bits per heavy atom. The number of hydrogen-bond acceptors (Lipinski definition) is 7. The second-order valence-corrected chi connectivity index (χ2v) is 7.89. The third kappa shape index (κ3) is 7.78. The number of aromatic nitrogens is 1. The lowest BCUT2D eigenvalue weighted by atomic mass is 10.1. The number of aromatic amines is 1. The molecule has 184 valence electrons. The van der Waals surface area contributed by atoms with Crippen LogP contribution in [0.2, 0.25) is 0 Å². The molecular formula is C21H27N5O7S. The molecule has 0 aliphatic carbocycles. The summed E-state index contributed by atoms with van der Waals surface area (Å²) < 4.78 is 0. The van der Waals surface area contributed by atoms with E-state index in [0.717, 1.165) is 16.5 Å². The largest absolute Gasteiger partial charge is 0.481 e. The van der Waals surface area contributed by atoms with Crippen LogP contribution < -0.4 is 21.7 Å². The van der Waals surface area contributed by atoms with Crippen LogP contribution in [0.1, 0.15) is 18.4 Å². The molecule has 3 atom stereocenters. The predicted octanol–water partition coefficient (Wildman–Crippen LogP) is -0.997. The fraction of sp³-hybridized carbons (Fsp3) is 0.381. The van der Waals surface area contributed by atoms with Crippen LogP contribution in [-0.2, 0) is 30.4 Å². The number of carbonyl (C=O) groups is 5. The molecule has 2 rings (SSSR count). The molecule has 2 aromatic rings. The molecule has 0 bridgehead atoms. The molecule has 0 saturated carbocycles. The minimum Gasteiger partial charge on any atom is -0.481 e. The van der Waals surface area contributed by atoms with Gasteiger partial charge in [0.1, 0.15) is 12.1 Å². The number of thiol groups is 1. The molecular weight excluding hydrogens is 466 g/mol. The van der Waals surface area contributed by atoms with E-state index in [0.29, 0.717) is 0 Å². The van der Waals surface area contributed by atoms with Crippen LogP contribution in [0.4, 0.5) is 0 Å². The topological polar surface area (TPSA) is 204 Å². The zero-order chi connectivity index (χ0) is 25.3. The van der Waals surface area contributed by atoms with Crippen molar-refractivity contribution in [1.82, 2.24) is 20.9 Å². The molecule has 1 aromatic heterocycles. The van der Waals surface area contributed by atoms with Crippen molar-refractivity contribution in [1.29, 1.82) is 0 Å². The Balaban J connectivity index is 1.84. The van der Waals surface area contributed by atoms with Gasteiger partial charge < -0.3 is 36.9 Å². The summed E-state index contributed by atoms with van der Waals surface area (Å²) in [5.41, 5.74) is 7.73. The highest BCUT2D eigenvalue weighted by atomic mass is 32.1. The number of benzene rings is 1. The van der Waals surface area contributed by atoms with Crippen molar-refractivity contribution >= 4 is 53.2 Å². The minimum atomic E-state index is -1.44. The summed E-state index contributed by atoms with van der Waals surface area (Å²) in [6.07, 6.45) is 1.22. The number of H-pyrrole nitrogens is 1. The number of aliphatic carboxylic acids is 2. The average molecular weight is 494 g/mol. The Morgan fingerprint density at radius 2 is 1.74 bits per heavy atom. The van der Waals surface area contributed by atoms with Gasteiger partial charge in [-0.2, -0.15) is 12.6 Å². The van der Waals surface area contributed by atoms with Gasteiger partial charge in [-0.15, -0.1) is 0 Å². The predicted molar refractivity (Wildman–Crippen MR) is 125 cm³/mol. The van der Waals surface area contributed by atoms with Crippen LogP contribution in [0.15, 0.2) is 30.5 Å². The van der Waals surface area contributed by atoms with Crippen LogP contribution in [0.25, 0.3) is 10.9 Å². The van der Waals surface area contributed by atoms with Crippen LogP contribution in [0, 0.1) is 0 Å². The van der Waals surface area contributed by atoms with E-state index < -0.39 is 60.8 Å². The second kappa shape index (κ2) is 12.6. The van der Waals surface area contributed by atoms with Crippen molar-refractivity contribution in [3.8, 4) is 0 Å². The molecule has 0 aliphatic rings. The fourth-order valence-corrected chi connectivity index (χ4v) is 3.42. The average Bonchev–Trinajstić information content (AvgIpc) is 3.20. The molecule has 34 heavy (non-hydrogen) atoms. The van der Waals surface area contributed by atoms with E-state index in [1.165, 1.54) is 0 Å². The summed E-state index contributed by atoms with van der Waals surface area (Å²) in [7, 11) is 0. The first-order valence-electron chi connectivity index (χ1n) is 10.4. The number of hydrogen-bond donors (Lipinski definition) is 8. The fourth-order valence-electron chi connectivity index (χ4n) is 3.17. The maximum Gasteiger partial charge on any atom is 0.326 e. The number of amides is 3. The van der Waals surface area contributed by atoms with Gasteiger partial charge in [0.05, 0.1) is 12.6 Å². The zero-order valence-corrected chi connectivity index (χ0v) is 19.0. The van der Waals surface area contributed by atoms with Crippen molar-refractivity contribution in [3.63, 3.8) is 0 Å². The van der Waals surface area contributed by atoms with E-state index in [9.17, 15) is 24.0 Å². The summed E-state index contributed by atoms with van der Waals surface area (Å²) in [4.78, 5) is 61.8. The first kappa shape index (κ1) is 26.7. The zero-order valence-electron chi connectivity index (χ0n) is 18.1. The summed E-state index contributed by atoms with van der Waals surface area (Å²) >= 11 is 3.98. The third-order valence-electron chi connectivity index (χ3n) is 4.97. The van der Waals surface area contributed by atoms with E-state index >= 15 is 0 Å². The minimum absolute atomic E-state index is 0.156. The van der Waals surface area contributed by atoms with Crippen LogP contribution in [0.3, 0.4) is 0 Å². The molecule has 0 fully saturated rings. The number of rotatable bonds is 13. The van der Waals surface area contributed by atoms with Crippen LogP contribution in [0.5, 0.6) is 0 Å². The van der Waals surface area contributed by atoms with Gasteiger partial charge in [-0.1, -0.05) is 18.2 Å². The SMILES string of the molecule is NC(Cc1c[nH]c2ccccc12)C(=O)NCC(=O)NC(CS)C(=O)NC(CCC(=O)O)C(=O)O. The van der Waals surface area contributed by atoms with Crippen molar-refractivity contribution in [3.05, 3.63) is 36.0 Å². The van der Waals surface area contributed by atoms with E-state index in [1.54, 1.807) is 6.20 Å². The highest BCUT2D eigenvalue weighted by molar-refractivity contribution is 7.80. The second-order valence-electron chi connectivity index (χ2n) is 7.52. The summed E-state index contributed by atoms with van der Waals surface area (Å²) in [6, 6.07) is 4.00. The van der Waals surface area contributed by atoms with E-state index in [2.05, 4.69) is 33.6 Å². The number of carbonyl (C=O) groups excluding carboxylic acids is 3. The Bertz CT molecular complexity index is 1060.